The summed E-state index contributed by atoms with van der Waals surface area (Å²) in [7, 11) is 1.30. The van der Waals surface area contributed by atoms with Crippen molar-refractivity contribution in [1.82, 2.24) is 4.90 Å². The summed E-state index contributed by atoms with van der Waals surface area (Å²) < 4.78 is 39.5. The van der Waals surface area contributed by atoms with Gasteiger partial charge in [0.1, 0.15) is 23.0 Å². The second-order valence-electron chi connectivity index (χ2n) is 3.74. The number of carbonyl (C=O) groups is 1. The number of halogens is 3. The van der Waals surface area contributed by atoms with E-state index in [0.29, 0.717) is 12.1 Å². The molecule has 0 radical (unpaired) electrons. The highest BCUT2D eigenvalue weighted by Gasteiger charge is 2.25. The molecule has 0 bridgehead atoms. The van der Waals surface area contributed by atoms with Gasteiger partial charge in [-0.1, -0.05) is 12.2 Å². The average Bonchev–Trinajstić information content (AvgIpc) is 2.25. The molecule has 1 rings (SSSR count). The molecule has 3 nitrogen and oxygen atoms in total. The molecule has 1 atom stereocenters. The van der Waals surface area contributed by atoms with E-state index >= 15 is 0 Å². The van der Waals surface area contributed by atoms with E-state index in [1.807, 2.05) is 0 Å². The van der Waals surface area contributed by atoms with Crippen LogP contribution in [0.5, 0.6) is 0 Å². The van der Waals surface area contributed by atoms with Crippen LogP contribution in [0.1, 0.15) is 17.3 Å². The molecule has 1 unspecified atom stereocenters. The fourth-order valence-electron chi connectivity index (χ4n) is 1.29. The number of carbonyl (C=O) groups excluding carboxylic acids is 1. The second kappa shape index (κ2) is 5.34. The van der Waals surface area contributed by atoms with E-state index in [4.69, 9.17) is 5.73 Å². The molecule has 7 heteroatoms. The normalized spacial score (nSPS) is 12.1. The Kier molecular flexibility index (Phi) is 4.28. The van der Waals surface area contributed by atoms with E-state index in [9.17, 15) is 18.0 Å². The number of rotatable bonds is 3. The molecule has 0 fully saturated rings. The predicted molar refractivity (Wildman–Crippen MR) is 64.7 cm³/mol. The van der Waals surface area contributed by atoms with Crippen LogP contribution in [0, 0.1) is 17.5 Å². The highest BCUT2D eigenvalue weighted by molar-refractivity contribution is 7.80. The summed E-state index contributed by atoms with van der Waals surface area (Å²) in [5.74, 6) is -4.57. The first kappa shape index (κ1) is 14.4. The Balaban J connectivity index is 3.16. The van der Waals surface area contributed by atoms with E-state index in [2.05, 4.69) is 12.2 Å². The average molecular weight is 276 g/mol. The highest BCUT2D eigenvalue weighted by Crippen LogP contribution is 2.17. The number of likely N-dealkylation sites (N-methyl/N-ethyl adjacent to an activating group) is 1. The predicted octanol–water partition coefficient (Wildman–Crippen LogP) is 1.85. The van der Waals surface area contributed by atoms with Gasteiger partial charge < -0.3 is 10.6 Å². The van der Waals surface area contributed by atoms with Crippen LogP contribution in [-0.4, -0.2) is 28.9 Å². The van der Waals surface area contributed by atoms with Crippen molar-refractivity contribution in [2.24, 2.45) is 5.73 Å². The van der Waals surface area contributed by atoms with Crippen molar-refractivity contribution in [1.29, 1.82) is 0 Å². The maximum absolute atomic E-state index is 13.4. The van der Waals surface area contributed by atoms with Crippen LogP contribution in [0.2, 0.25) is 0 Å². The van der Waals surface area contributed by atoms with Gasteiger partial charge in [0.15, 0.2) is 0 Å². The summed E-state index contributed by atoms with van der Waals surface area (Å²) in [6.45, 7) is 1.51. The van der Waals surface area contributed by atoms with Crippen molar-refractivity contribution in [2.45, 2.75) is 13.0 Å². The Morgan fingerprint density at radius 1 is 1.33 bits per heavy atom. The maximum Gasteiger partial charge on any atom is 0.260 e. The number of benzene rings is 1. The zero-order valence-electron chi connectivity index (χ0n) is 9.71. The molecule has 0 saturated heterocycles. The lowest BCUT2D eigenvalue weighted by Gasteiger charge is -2.24. The van der Waals surface area contributed by atoms with Crippen LogP contribution in [0.25, 0.3) is 0 Å². The molecule has 0 saturated carbocycles. The van der Waals surface area contributed by atoms with Gasteiger partial charge >= 0.3 is 0 Å². The first-order chi connectivity index (χ1) is 8.25. The number of nitrogens with zero attached hydrogens (tertiary/aromatic N) is 1. The third kappa shape index (κ3) is 2.79. The number of nitrogens with two attached hydrogens (primary N) is 1. The first-order valence-electron chi connectivity index (χ1n) is 4.96. The molecule has 0 heterocycles. The van der Waals surface area contributed by atoms with Crippen molar-refractivity contribution < 1.29 is 18.0 Å². The van der Waals surface area contributed by atoms with Gasteiger partial charge in [-0.05, 0) is 6.92 Å². The molecule has 98 valence electrons. The molecule has 0 spiro atoms. The molecular formula is C11H11F3N2OS. The highest BCUT2D eigenvalue weighted by atomic mass is 32.1. The van der Waals surface area contributed by atoms with Gasteiger partial charge in [0.2, 0.25) is 0 Å². The lowest BCUT2D eigenvalue weighted by molar-refractivity contribution is 0.0769. The quantitative estimate of drug-likeness (QED) is 0.857. The van der Waals surface area contributed by atoms with Crippen molar-refractivity contribution >= 4 is 23.1 Å². The van der Waals surface area contributed by atoms with E-state index < -0.39 is 35.0 Å². The topological polar surface area (TPSA) is 46.3 Å². The van der Waals surface area contributed by atoms with Gasteiger partial charge in [-0.15, -0.1) is 0 Å². The van der Waals surface area contributed by atoms with E-state index in [0.717, 1.165) is 4.90 Å². The minimum atomic E-state index is -1.26. The molecule has 0 aliphatic heterocycles. The monoisotopic (exact) mass is 276 g/mol. The lowest BCUT2D eigenvalue weighted by atomic mass is 10.1. The fraction of sp³-hybridized carbons (Fsp3) is 0.273. The van der Waals surface area contributed by atoms with E-state index in [1.165, 1.54) is 14.0 Å². The maximum atomic E-state index is 13.4. The van der Waals surface area contributed by atoms with E-state index in [-0.39, 0.29) is 4.99 Å². The summed E-state index contributed by atoms with van der Waals surface area (Å²) in [4.78, 5) is 12.8. The Morgan fingerprint density at radius 3 is 2.17 bits per heavy atom. The molecule has 0 aliphatic rings. The molecule has 1 amide bonds. The van der Waals surface area contributed by atoms with Crippen LogP contribution in [0.4, 0.5) is 13.2 Å². The van der Waals surface area contributed by atoms with Crippen LogP contribution >= 0.6 is 12.2 Å². The largest absolute Gasteiger partial charge is 0.392 e. The second-order valence-corrected chi connectivity index (χ2v) is 4.21. The van der Waals surface area contributed by atoms with Crippen molar-refractivity contribution in [3.63, 3.8) is 0 Å². The van der Waals surface area contributed by atoms with Crippen LogP contribution in [-0.2, 0) is 0 Å². The smallest absolute Gasteiger partial charge is 0.260 e. The minimum Gasteiger partial charge on any atom is -0.392 e. The molecule has 2 N–H and O–H groups in total. The Hall–Kier alpha value is -1.63. The molecule has 18 heavy (non-hydrogen) atoms. The third-order valence-corrected chi connectivity index (χ3v) is 2.87. The van der Waals surface area contributed by atoms with Crippen molar-refractivity contribution in [2.75, 3.05) is 7.05 Å². The summed E-state index contributed by atoms with van der Waals surface area (Å²) >= 11 is 4.69. The molecule has 0 aromatic heterocycles. The minimum absolute atomic E-state index is 0.00813. The zero-order chi connectivity index (χ0) is 14.0. The Bertz CT molecular complexity index is 484. The van der Waals surface area contributed by atoms with Gasteiger partial charge in [0.05, 0.1) is 11.0 Å². The summed E-state index contributed by atoms with van der Waals surface area (Å²) in [6, 6.07) is 0.210. The molecule has 0 aliphatic carbocycles. The summed E-state index contributed by atoms with van der Waals surface area (Å²) in [5, 5.41) is 0. The van der Waals surface area contributed by atoms with Gasteiger partial charge in [-0.3, -0.25) is 4.79 Å². The van der Waals surface area contributed by atoms with Gasteiger partial charge in [-0.25, -0.2) is 13.2 Å². The van der Waals surface area contributed by atoms with Crippen LogP contribution in [0.3, 0.4) is 0 Å². The number of amides is 1. The van der Waals surface area contributed by atoms with Crippen molar-refractivity contribution in [3.05, 3.63) is 35.1 Å². The molecule has 1 aromatic rings. The lowest BCUT2D eigenvalue weighted by Crippen LogP contribution is -2.43. The van der Waals surface area contributed by atoms with Crippen molar-refractivity contribution in [3.8, 4) is 0 Å². The zero-order valence-corrected chi connectivity index (χ0v) is 10.5. The number of hydrogen-bond acceptors (Lipinski definition) is 2. The number of thiocarbonyl (C=S) groups is 1. The fourth-order valence-corrected chi connectivity index (χ4v) is 1.45. The Labute approximate surface area is 107 Å². The Morgan fingerprint density at radius 2 is 1.78 bits per heavy atom. The standard InChI is InChI=1S/C11H11F3N2OS/c1-5(10(15)18)16(2)11(17)9-7(13)3-6(12)4-8(9)14/h3-5H,1-2H3,(H2,15,18). The molecular weight excluding hydrogens is 265 g/mol. The van der Waals surface area contributed by atoms with Crippen LogP contribution in [0.15, 0.2) is 12.1 Å². The van der Waals surface area contributed by atoms with Gasteiger partial charge in [0, 0.05) is 19.2 Å². The SMILES string of the molecule is CC(C(N)=S)N(C)C(=O)c1c(F)cc(F)cc1F. The molecule has 1 aromatic carbocycles. The summed E-state index contributed by atoms with van der Waals surface area (Å²) in [6.07, 6.45) is 0. The third-order valence-electron chi connectivity index (χ3n) is 2.53. The van der Waals surface area contributed by atoms with E-state index in [1.54, 1.807) is 0 Å². The number of hydrogen-bond donors (Lipinski definition) is 1. The summed E-state index contributed by atoms with van der Waals surface area (Å²) in [5.41, 5.74) is 4.51. The first-order valence-corrected chi connectivity index (χ1v) is 5.37. The van der Waals surface area contributed by atoms with Gasteiger partial charge in [0.25, 0.3) is 5.91 Å². The van der Waals surface area contributed by atoms with Gasteiger partial charge in [-0.2, -0.15) is 0 Å². The van der Waals surface area contributed by atoms with Crippen LogP contribution < -0.4 is 5.73 Å².